The highest BCUT2D eigenvalue weighted by molar-refractivity contribution is 6.06. The molecular weight excluding hydrogens is 374 g/mol. The number of furan rings is 1. The Morgan fingerprint density at radius 2 is 2.00 bits per heavy atom. The van der Waals surface area contributed by atoms with Crippen LogP contribution in [0.25, 0.3) is 21.9 Å². The maximum Gasteiger partial charge on any atom is 0.206 e. The van der Waals surface area contributed by atoms with Crippen LogP contribution in [0.4, 0.5) is 0 Å². The molecule has 0 bridgehead atoms. The Labute approximate surface area is 162 Å². The summed E-state index contributed by atoms with van der Waals surface area (Å²) in [7, 11) is 0. The number of β-amino-alcohol motifs (C(OH)–C–C–N with tert-alkyl or cyclic N) is 1. The highest BCUT2D eigenvalue weighted by Gasteiger charge is 2.23. The molecule has 0 spiro atoms. The molecule has 1 atom stereocenters. The van der Waals surface area contributed by atoms with Crippen LogP contribution in [0.2, 0.25) is 0 Å². The minimum absolute atomic E-state index is 0. The Morgan fingerprint density at radius 3 is 2.67 bits per heavy atom. The monoisotopic (exact) mass is 397 g/mol. The zero-order valence-corrected chi connectivity index (χ0v) is 16.5. The molecule has 0 saturated carbocycles. The molecule has 8 heteroatoms. The topological polar surface area (TPSA) is 105 Å². The average Bonchev–Trinajstić information content (AvgIpc) is 3.01. The molecular formula is C19H24ClNO6. The Balaban J connectivity index is 0.00000261. The minimum Gasteiger partial charge on any atom is -0.506 e. The first-order valence-electron chi connectivity index (χ1n) is 8.40. The van der Waals surface area contributed by atoms with Gasteiger partial charge in [-0.2, -0.15) is 0 Å². The van der Waals surface area contributed by atoms with Gasteiger partial charge in [-0.1, -0.05) is 0 Å². The van der Waals surface area contributed by atoms with E-state index in [1.165, 1.54) is 12.3 Å². The third kappa shape index (κ3) is 4.37. The number of phenols is 1. The Hall–Kier alpha value is -2.22. The van der Waals surface area contributed by atoms with Crippen molar-refractivity contribution in [2.75, 3.05) is 13.2 Å². The maximum absolute atomic E-state index is 12.3. The number of hydrogen-bond acceptors (Lipinski definition) is 7. The van der Waals surface area contributed by atoms with Crippen LogP contribution in [0.15, 0.2) is 32.0 Å². The summed E-state index contributed by atoms with van der Waals surface area (Å²) in [5.41, 5.74) is -0.139. The van der Waals surface area contributed by atoms with Gasteiger partial charge < -0.3 is 29.1 Å². The predicted octanol–water partition coefficient (Wildman–Crippen LogP) is 3.10. The van der Waals surface area contributed by atoms with E-state index >= 15 is 0 Å². The predicted molar refractivity (Wildman–Crippen MR) is 105 cm³/mol. The maximum atomic E-state index is 12.3. The van der Waals surface area contributed by atoms with E-state index in [0.29, 0.717) is 17.7 Å². The van der Waals surface area contributed by atoms with Crippen molar-refractivity contribution in [3.63, 3.8) is 0 Å². The van der Waals surface area contributed by atoms with Crippen LogP contribution in [0.3, 0.4) is 0 Å². The molecule has 3 rings (SSSR count). The fourth-order valence-electron chi connectivity index (χ4n) is 2.70. The van der Waals surface area contributed by atoms with Crippen LogP contribution in [0, 0.1) is 6.92 Å². The molecule has 3 aromatic rings. The molecule has 7 nitrogen and oxygen atoms in total. The molecule has 2 aromatic heterocycles. The van der Waals surface area contributed by atoms with Crippen LogP contribution in [-0.4, -0.2) is 35.0 Å². The summed E-state index contributed by atoms with van der Waals surface area (Å²) in [6.45, 7) is 7.93. The van der Waals surface area contributed by atoms with Crippen molar-refractivity contribution >= 4 is 34.3 Å². The standard InChI is InChI=1S/C19H23NO6.ClH/c1-10-7-13(22)14-15(23)12-5-6-24-16(12)18(17(14)26-10)25-9-11(21)8-20-19(2,3)4;/h5-7,11,20-21,23H,8-9H2,1-4H3;1H. The highest BCUT2D eigenvalue weighted by Crippen LogP contribution is 2.41. The third-order valence-corrected chi connectivity index (χ3v) is 3.93. The van der Waals surface area contributed by atoms with Crippen LogP contribution < -0.4 is 15.5 Å². The Kier molecular flexibility index (Phi) is 6.09. The van der Waals surface area contributed by atoms with Gasteiger partial charge in [0.25, 0.3) is 0 Å². The van der Waals surface area contributed by atoms with Crippen molar-refractivity contribution in [1.29, 1.82) is 0 Å². The molecule has 0 saturated heterocycles. The number of fused-ring (bicyclic) bond motifs is 2. The van der Waals surface area contributed by atoms with E-state index in [9.17, 15) is 15.0 Å². The molecule has 0 aliphatic carbocycles. The van der Waals surface area contributed by atoms with Crippen LogP contribution >= 0.6 is 12.4 Å². The molecule has 1 unspecified atom stereocenters. The van der Waals surface area contributed by atoms with Crippen LogP contribution in [0.5, 0.6) is 11.5 Å². The van der Waals surface area contributed by atoms with Gasteiger partial charge in [0, 0.05) is 18.2 Å². The van der Waals surface area contributed by atoms with Gasteiger partial charge in [-0.3, -0.25) is 4.79 Å². The lowest BCUT2D eigenvalue weighted by molar-refractivity contribution is 0.100. The first-order chi connectivity index (χ1) is 12.2. The van der Waals surface area contributed by atoms with Gasteiger partial charge in [0.2, 0.25) is 5.75 Å². The van der Waals surface area contributed by atoms with Crippen molar-refractivity contribution in [2.24, 2.45) is 0 Å². The summed E-state index contributed by atoms with van der Waals surface area (Å²) in [6, 6.07) is 2.85. The number of ether oxygens (including phenoxy) is 1. The number of nitrogens with one attached hydrogen (secondary N) is 1. The van der Waals surface area contributed by atoms with E-state index in [1.54, 1.807) is 13.0 Å². The second kappa shape index (κ2) is 7.80. The number of aromatic hydroxyl groups is 1. The second-order valence-corrected chi connectivity index (χ2v) is 7.36. The molecule has 1 aromatic carbocycles. The molecule has 0 fully saturated rings. The van der Waals surface area contributed by atoms with Crippen molar-refractivity contribution in [2.45, 2.75) is 39.3 Å². The van der Waals surface area contributed by atoms with Gasteiger partial charge in [0.15, 0.2) is 16.6 Å². The number of rotatable bonds is 5. The largest absolute Gasteiger partial charge is 0.506 e. The zero-order valence-electron chi connectivity index (χ0n) is 15.7. The van der Waals surface area contributed by atoms with Gasteiger partial charge in [-0.15, -0.1) is 12.4 Å². The number of hydrogen-bond donors (Lipinski definition) is 3. The van der Waals surface area contributed by atoms with E-state index < -0.39 is 6.10 Å². The third-order valence-electron chi connectivity index (χ3n) is 3.93. The molecule has 2 heterocycles. The SMILES string of the molecule is Cc1cc(=O)c2c(O)c3ccoc3c(OCC(O)CNC(C)(C)C)c2o1.Cl. The van der Waals surface area contributed by atoms with Gasteiger partial charge in [-0.25, -0.2) is 0 Å². The number of benzene rings is 1. The number of phenolic OH excluding ortho intramolecular Hbond substituents is 1. The fraction of sp³-hybridized carbons (Fsp3) is 0.421. The summed E-state index contributed by atoms with van der Waals surface area (Å²) in [5, 5.41) is 24.2. The first-order valence-corrected chi connectivity index (χ1v) is 8.40. The Bertz CT molecular complexity index is 1000. The van der Waals surface area contributed by atoms with E-state index in [4.69, 9.17) is 13.6 Å². The van der Waals surface area contributed by atoms with E-state index in [1.807, 2.05) is 20.8 Å². The summed E-state index contributed by atoms with van der Waals surface area (Å²) < 4.78 is 16.8. The van der Waals surface area contributed by atoms with Crippen molar-refractivity contribution < 1.29 is 23.8 Å². The summed E-state index contributed by atoms with van der Waals surface area (Å²) in [6.07, 6.45) is 0.616. The van der Waals surface area contributed by atoms with E-state index in [2.05, 4.69) is 5.32 Å². The minimum atomic E-state index is -0.778. The normalized spacial score (nSPS) is 12.9. The number of aryl methyl sites for hydroxylation is 1. The fourth-order valence-corrected chi connectivity index (χ4v) is 2.70. The summed E-state index contributed by atoms with van der Waals surface area (Å²) in [4.78, 5) is 12.3. The highest BCUT2D eigenvalue weighted by atomic mass is 35.5. The molecule has 0 aliphatic heterocycles. The summed E-state index contributed by atoms with van der Waals surface area (Å²) in [5.74, 6) is 0.362. The quantitative estimate of drug-likeness (QED) is 0.607. The molecule has 3 N–H and O–H groups in total. The van der Waals surface area contributed by atoms with Crippen molar-refractivity contribution in [3.8, 4) is 11.5 Å². The van der Waals surface area contributed by atoms with Gasteiger partial charge in [-0.05, 0) is 33.8 Å². The van der Waals surface area contributed by atoms with E-state index in [0.717, 1.165) is 0 Å². The molecule has 27 heavy (non-hydrogen) atoms. The Morgan fingerprint density at radius 1 is 1.30 bits per heavy atom. The van der Waals surface area contributed by atoms with Crippen molar-refractivity contribution in [1.82, 2.24) is 5.32 Å². The molecule has 0 radical (unpaired) electrons. The van der Waals surface area contributed by atoms with Crippen LogP contribution in [0.1, 0.15) is 26.5 Å². The van der Waals surface area contributed by atoms with Crippen LogP contribution in [-0.2, 0) is 0 Å². The number of aliphatic hydroxyl groups excluding tert-OH is 1. The summed E-state index contributed by atoms with van der Waals surface area (Å²) >= 11 is 0. The van der Waals surface area contributed by atoms with E-state index in [-0.39, 0.29) is 58.0 Å². The van der Waals surface area contributed by atoms with Gasteiger partial charge in [0.1, 0.15) is 29.6 Å². The molecule has 0 amide bonds. The molecule has 148 valence electrons. The number of halogens is 1. The van der Waals surface area contributed by atoms with Crippen molar-refractivity contribution in [3.05, 3.63) is 34.4 Å². The van der Waals surface area contributed by atoms with Gasteiger partial charge in [0.05, 0.1) is 11.6 Å². The second-order valence-electron chi connectivity index (χ2n) is 7.36. The average molecular weight is 398 g/mol. The lowest BCUT2D eigenvalue weighted by Crippen LogP contribution is -2.42. The first kappa shape index (κ1) is 21.1. The molecule has 0 aliphatic rings. The lowest BCUT2D eigenvalue weighted by Gasteiger charge is -2.23. The van der Waals surface area contributed by atoms with Gasteiger partial charge >= 0.3 is 0 Å². The zero-order chi connectivity index (χ0) is 19.1. The number of aliphatic hydroxyl groups is 1. The smallest absolute Gasteiger partial charge is 0.206 e. The lowest BCUT2D eigenvalue weighted by atomic mass is 10.1.